The topological polar surface area (TPSA) is 97.4 Å². The molecule has 0 saturated heterocycles. The first-order valence-corrected chi connectivity index (χ1v) is 14.8. The Hall–Kier alpha value is -3.97. The van der Waals surface area contributed by atoms with Crippen molar-refractivity contribution in [3.05, 3.63) is 107 Å². The molecule has 5 rings (SSSR count). The fourth-order valence-electron chi connectivity index (χ4n) is 4.39. The molecule has 0 spiro atoms. The van der Waals surface area contributed by atoms with Crippen LogP contribution in [0.25, 0.3) is 0 Å². The van der Waals surface area contributed by atoms with Crippen LogP contribution in [0.5, 0.6) is 11.5 Å². The van der Waals surface area contributed by atoms with Crippen LogP contribution in [-0.4, -0.2) is 41.2 Å². The largest absolute Gasteiger partial charge is 0.453 e. The van der Waals surface area contributed by atoms with Gasteiger partial charge < -0.3 is 25.4 Å². The van der Waals surface area contributed by atoms with Crippen LogP contribution in [0, 0.1) is 11.6 Å². The molecule has 8 nitrogen and oxygen atoms in total. The summed E-state index contributed by atoms with van der Waals surface area (Å²) in [6.45, 7) is 2.14. The number of hydrogen-bond donors (Lipinski definition) is 3. The highest BCUT2D eigenvalue weighted by atomic mass is 32.2. The second-order valence-electron chi connectivity index (χ2n) is 9.71. The highest BCUT2D eigenvalue weighted by Crippen LogP contribution is 2.50. The summed E-state index contributed by atoms with van der Waals surface area (Å²) in [5.41, 5.74) is 3.88. The van der Waals surface area contributed by atoms with E-state index in [-0.39, 0.29) is 34.3 Å². The third kappa shape index (κ3) is 8.32. The van der Waals surface area contributed by atoms with Crippen molar-refractivity contribution in [2.24, 2.45) is 0 Å². The third-order valence-corrected chi connectivity index (χ3v) is 8.08. The molecule has 1 amide bonds. The lowest BCUT2D eigenvalue weighted by Gasteiger charge is -2.13. The SMILES string of the molecule is COCCNCc1ccc(C2Cc3nccc(Oc4ccc(NC(=S)NC(=O)Cc5ccc(F)cc5)cc4F)c3S2)nc1. The smallest absolute Gasteiger partial charge is 0.230 e. The molecule has 1 aliphatic rings. The van der Waals surface area contributed by atoms with E-state index in [1.807, 2.05) is 12.3 Å². The highest BCUT2D eigenvalue weighted by molar-refractivity contribution is 8.00. The minimum absolute atomic E-state index is 0.0126. The lowest BCUT2D eigenvalue weighted by molar-refractivity contribution is -0.119. The zero-order valence-electron chi connectivity index (χ0n) is 23.2. The fraction of sp³-hybridized carbons (Fsp3) is 0.226. The van der Waals surface area contributed by atoms with Gasteiger partial charge in [0.15, 0.2) is 16.7 Å². The number of fused-ring (bicyclic) bond motifs is 1. The number of amides is 1. The molecule has 0 aliphatic carbocycles. The summed E-state index contributed by atoms with van der Waals surface area (Å²) < 4.78 is 39.2. The quantitative estimate of drug-likeness (QED) is 0.143. The number of thioether (sulfide) groups is 1. The number of rotatable bonds is 11. The molecule has 222 valence electrons. The van der Waals surface area contributed by atoms with Gasteiger partial charge in [-0.15, -0.1) is 11.8 Å². The molecule has 1 unspecified atom stereocenters. The van der Waals surface area contributed by atoms with Gasteiger partial charge in [0.1, 0.15) is 11.6 Å². The van der Waals surface area contributed by atoms with Crippen LogP contribution < -0.4 is 20.7 Å². The van der Waals surface area contributed by atoms with Crippen LogP contribution in [0.4, 0.5) is 14.5 Å². The molecule has 3 N–H and O–H groups in total. The van der Waals surface area contributed by atoms with Gasteiger partial charge in [-0.2, -0.15) is 0 Å². The number of carbonyl (C=O) groups excluding carboxylic acids is 1. The van der Waals surface area contributed by atoms with E-state index in [1.165, 1.54) is 36.4 Å². The van der Waals surface area contributed by atoms with Gasteiger partial charge in [-0.3, -0.25) is 14.8 Å². The van der Waals surface area contributed by atoms with Gasteiger partial charge in [-0.25, -0.2) is 8.78 Å². The number of carbonyl (C=O) groups is 1. The Morgan fingerprint density at radius 2 is 1.86 bits per heavy atom. The summed E-state index contributed by atoms with van der Waals surface area (Å²) in [5.74, 6) is -0.814. The number of benzene rings is 2. The highest BCUT2D eigenvalue weighted by Gasteiger charge is 2.29. The van der Waals surface area contributed by atoms with E-state index < -0.39 is 5.82 Å². The average molecular weight is 622 g/mol. The number of methoxy groups -OCH3 is 1. The van der Waals surface area contributed by atoms with Crippen molar-refractivity contribution < 1.29 is 23.0 Å². The molecule has 0 radical (unpaired) electrons. The number of hydrogen-bond acceptors (Lipinski definition) is 8. The standard InChI is InChI=1S/C31H29F2N5O3S2/c1-40-13-12-34-17-20-4-8-24(36-18-20)28-16-25-30(43-28)27(10-11-35-25)41-26-9-7-22(15-23(26)33)37-31(42)38-29(39)14-19-2-5-21(32)6-3-19/h2-11,15,18,28,34H,12-14,16-17H2,1H3,(H2,37,38,39,42). The summed E-state index contributed by atoms with van der Waals surface area (Å²) >= 11 is 6.79. The monoisotopic (exact) mass is 621 g/mol. The number of pyridine rings is 2. The van der Waals surface area contributed by atoms with Gasteiger partial charge in [-0.1, -0.05) is 18.2 Å². The maximum Gasteiger partial charge on any atom is 0.230 e. The minimum atomic E-state index is -0.605. The number of nitrogens with one attached hydrogen (secondary N) is 3. The van der Waals surface area contributed by atoms with E-state index in [4.69, 9.17) is 21.7 Å². The van der Waals surface area contributed by atoms with Crippen LogP contribution >= 0.6 is 24.0 Å². The second kappa shape index (κ2) is 14.5. The number of aromatic nitrogens is 2. The summed E-state index contributed by atoms with van der Waals surface area (Å²) in [7, 11) is 1.67. The maximum absolute atomic E-state index is 15.1. The fourth-order valence-corrected chi connectivity index (χ4v) is 5.90. The van der Waals surface area contributed by atoms with Gasteiger partial charge in [0.05, 0.1) is 34.6 Å². The summed E-state index contributed by atoms with van der Waals surface area (Å²) in [6.07, 6.45) is 4.23. The zero-order chi connectivity index (χ0) is 30.2. The first-order valence-electron chi connectivity index (χ1n) is 13.5. The molecule has 0 fully saturated rings. The predicted octanol–water partition coefficient (Wildman–Crippen LogP) is 5.73. The van der Waals surface area contributed by atoms with Crippen molar-refractivity contribution in [3.8, 4) is 11.5 Å². The van der Waals surface area contributed by atoms with Gasteiger partial charge >= 0.3 is 0 Å². The molecular formula is C31H29F2N5O3S2. The lowest BCUT2D eigenvalue weighted by atomic mass is 10.1. The van der Waals surface area contributed by atoms with Crippen molar-refractivity contribution >= 4 is 40.7 Å². The number of halogens is 2. The predicted molar refractivity (Wildman–Crippen MR) is 165 cm³/mol. The minimum Gasteiger partial charge on any atom is -0.453 e. The molecule has 2 aromatic heterocycles. The van der Waals surface area contributed by atoms with E-state index in [9.17, 15) is 9.18 Å². The van der Waals surface area contributed by atoms with Crippen LogP contribution in [0.2, 0.25) is 0 Å². The average Bonchev–Trinajstić information content (AvgIpc) is 3.44. The Kier molecular flexibility index (Phi) is 10.3. The summed E-state index contributed by atoms with van der Waals surface area (Å²) in [6, 6.07) is 15.7. The summed E-state index contributed by atoms with van der Waals surface area (Å²) in [5, 5.41) is 8.73. The lowest BCUT2D eigenvalue weighted by Crippen LogP contribution is -2.35. The number of ether oxygens (including phenoxy) is 2. The van der Waals surface area contributed by atoms with Gasteiger partial charge in [0.2, 0.25) is 5.91 Å². The Morgan fingerprint density at radius 3 is 2.60 bits per heavy atom. The molecule has 1 aliphatic heterocycles. The number of thiocarbonyl (C=S) groups is 1. The molecule has 1 atom stereocenters. The van der Waals surface area contributed by atoms with E-state index in [1.54, 1.807) is 37.2 Å². The van der Waals surface area contributed by atoms with Crippen molar-refractivity contribution in [2.75, 3.05) is 25.6 Å². The Balaban J connectivity index is 1.17. The number of nitrogens with zero attached hydrogens (tertiary/aromatic N) is 2. The second-order valence-corrected chi connectivity index (χ2v) is 11.3. The van der Waals surface area contributed by atoms with Gasteiger partial charge in [-0.05, 0) is 53.7 Å². The molecule has 0 saturated carbocycles. The maximum atomic E-state index is 15.1. The molecule has 0 bridgehead atoms. The number of anilines is 1. The van der Waals surface area contributed by atoms with E-state index >= 15 is 4.39 Å². The van der Waals surface area contributed by atoms with Crippen molar-refractivity contribution in [2.45, 2.75) is 29.5 Å². The molecule has 2 aromatic carbocycles. The molecule has 12 heteroatoms. The zero-order valence-corrected chi connectivity index (χ0v) is 24.9. The Morgan fingerprint density at radius 1 is 1.05 bits per heavy atom. The van der Waals surface area contributed by atoms with Crippen LogP contribution in [0.15, 0.2) is 78.0 Å². The van der Waals surface area contributed by atoms with Gasteiger partial charge in [0, 0.05) is 56.8 Å². The van der Waals surface area contributed by atoms with E-state index in [2.05, 4.69) is 32.0 Å². The molecule has 3 heterocycles. The van der Waals surface area contributed by atoms with Crippen LogP contribution in [0.1, 0.15) is 27.8 Å². The molecule has 4 aromatic rings. The first kappa shape index (κ1) is 30.5. The molecule has 43 heavy (non-hydrogen) atoms. The Bertz CT molecular complexity index is 1590. The van der Waals surface area contributed by atoms with Crippen LogP contribution in [-0.2, 0) is 28.9 Å². The van der Waals surface area contributed by atoms with Gasteiger partial charge in [0.25, 0.3) is 0 Å². The molecular weight excluding hydrogens is 593 g/mol. The third-order valence-electron chi connectivity index (χ3n) is 6.51. The Labute approximate surface area is 257 Å². The van der Waals surface area contributed by atoms with E-state index in [0.717, 1.165) is 28.4 Å². The van der Waals surface area contributed by atoms with Crippen LogP contribution in [0.3, 0.4) is 0 Å². The first-order chi connectivity index (χ1) is 20.9. The van der Waals surface area contributed by atoms with Crippen molar-refractivity contribution in [1.82, 2.24) is 20.6 Å². The van der Waals surface area contributed by atoms with E-state index in [0.29, 0.717) is 36.6 Å². The normalized spacial score (nSPS) is 13.8. The van der Waals surface area contributed by atoms with Crippen molar-refractivity contribution in [1.29, 1.82) is 0 Å². The van der Waals surface area contributed by atoms with Crippen molar-refractivity contribution in [3.63, 3.8) is 0 Å². The summed E-state index contributed by atoms with van der Waals surface area (Å²) in [4.78, 5) is 22.3.